The third-order valence-corrected chi connectivity index (χ3v) is 4.85. The van der Waals surface area contributed by atoms with Crippen LogP contribution >= 0.6 is 0 Å². The van der Waals surface area contributed by atoms with Crippen molar-refractivity contribution in [2.75, 3.05) is 11.9 Å². The lowest BCUT2D eigenvalue weighted by Gasteiger charge is -2.22. The van der Waals surface area contributed by atoms with E-state index in [9.17, 15) is 4.79 Å². The predicted octanol–water partition coefficient (Wildman–Crippen LogP) is 3.97. The number of aryl methyl sites for hydroxylation is 1. The highest BCUT2D eigenvalue weighted by Gasteiger charge is 2.28. The first-order valence-electron chi connectivity index (χ1n) is 9.16. The fraction of sp³-hybridized carbons (Fsp3) is 0.286. The number of likely N-dealkylation sites (tertiary alicyclic amines) is 1. The minimum atomic E-state index is -0.130. The maximum atomic E-state index is 12.5. The van der Waals surface area contributed by atoms with Gasteiger partial charge in [0.05, 0.1) is 17.9 Å². The second kappa shape index (κ2) is 7.72. The van der Waals surface area contributed by atoms with Crippen LogP contribution in [0.5, 0.6) is 0 Å². The third-order valence-electron chi connectivity index (χ3n) is 4.85. The van der Waals surface area contributed by atoms with E-state index in [1.807, 2.05) is 37.3 Å². The first-order chi connectivity index (χ1) is 13.2. The van der Waals surface area contributed by atoms with Gasteiger partial charge in [0.25, 0.3) is 5.91 Å². The number of anilines is 1. The molecular weight excluding hydrogens is 340 g/mol. The fourth-order valence-electron chi connectivity index (χ4n) is 3.58. The summed E-state index contributed by atoms with van der Waals surface area (Å²) >= 11 is 0. The predicted molar refractivity (Wildman–Crippen MR) is 102 cm³/mol. The van der Waals surface area contributed by atoms with Gasteiger partial charge in [0.1, 0.15) is 11.5 Å². The highest BCUT2D eigenvalue weighted by atomic mass is 16.5. The van der Waals surface area contributed by atoms with Crippen LogP contribution < -0.4 is 5.32 Å². The quantitative estimate of drug-likeness (QED) is 0.744. The van der Waals surface area contributed by atoms with Gasteiger partial charge in [-0.2, -0.15) is 0 Å². The molecule has 27 heavy (non-hydrogen) atoms. The number of aromatic nitrogens is 2. The second-order valence-corrected chi connectivity index (χ2v) is 6.89. The molecule has 1 amide bonds. The number of hydrogen-bond acceptors (Lipinski definition) is 5. The van der Waals surface area contributed by atoms with E-state index in [1.54, 1.807) is 18.5 Å². The average molecular weight is 362 g/mol. The van der Waals surface area contributed by atoms with Crippen LogP contribution in [0.3, 0.4) is 0 Å². The molecule has 3 heterocycles. The SMILES string of the molecule is Cc1cc(C2CCCN2Cc2cccc(C(=O)Nc3cccnc3)c2)no1. The van der Waals surface area contributed by atoms with Crippen molar-refractivity contribution in [2.45, 2.75) is 32.4 Å². The Morgan fingerprint density at radius 3 is 3.00 bits per heavy atom. The van der Waals surface area contributed by atoms with Crippen molar-refractivity contribution in [3.05, 3.63) is 77.4 Å². The summed E-state index contributed by atoms with van der Waals surface area (Å²) in [4.78, 5) is 18.9. The smallest absolute Gasteiger partial charge is 0.255 e. The van der Waals surface area contributed by atoms with E-state index in [4.69, 9.17) is 4.52 Å². The number of hydrogen-bond donors (Lipinski definition) is 1. The standard InChI is InChI=1S/C21H22N4O2/c1-15-11-19(24-27-15)20-8-4-10-25(20)14-16-5-2-6-17(12-16)21(26)23-18-7-3-9-22-13-18/h2-3,5-7,9,11-13,20H,4,8,10,14H2,1H3,(H,23,26). The summed E-state index contributed by atoms with van der Waals surface area (Å²) in [6, 6.07) is 13.7. The van der Waals surface area contributed by atoms with Crippen molar-refractivity contribution < 1.29 is 9.32 Å². The Bertz CT molecular complexity index is 923. The molecule has 1 fully saturated rings. The highest BCUT2D eigenvalue weighted by molar-refractivity contribution is 6.04. The van der Waals surface area contributed by atoms with Gasteiger partial charge < -0.3 is 9.84 Å². The van der Waals surface area contributed by atoms with Crippen LogP contribution in [0.15, 0.2) is 59.4 Å². The van der Waals surface area contributed by atoms with Crippen LogP contribution in [0.25, 0.3) is 0 Å². The van der Waals surface area contributed by atoms with Gasteiger partial charge in [-0.05, 0) is 56.1 Å². The Balaban J connectivity index is 1.46. The normalized spacial score (nSPS) is 17.1. The summed E-state index contributed by atoms with van der Waals surface area (Å²) in [5, 5.41) is 7.07. The lowest BCUT2D eigenvalue weighted by atomic mass is 10.1. The number of amides is 1. The maximum absolute atomic E-state index is 12.5. The molecule has 138 valence electrons. The van der Waals surface area contributed by atoms with E-state index >= 15 is 0 Å². The van der Waals surface area contributed by atoms with Gasteiger partial charge in [-0.1, -0.05) is 17.3 Å². The van der Waals surface area contributed by atoms with Crippen LogP contribution in [-0.2, 0) is 6.54 Å². The van der Waals surface area contributed by atoms with Crippen molar-refractivity contribution in [3.63, 3.8) is 0 Å². The van der Waals surface area contributed by atoms with Gasteiger partial charge >= 0.3 is 0 Å². The fourth-order valence-corrected chi connectivity index (χ4v) is 3.58. The highest BCUT2D eigenvalue weighted by Crippen LogP contribution is 2.32. The molecule has 6 nitrogen and oxygen atoms in total. The first kappa shape index (κ1) is 17.4. The Kier molecular flexibility index (Phi) is 4.98. The van der Waals surface area contributed by atoms with Crippen LogP contribution in [-0.4, -0.2) is 27.5 Å². The van der Waals surface area contributed by atoms with E-state index in [0.717, 1.165) is 42.9 Å². The topological polar surface area (TPSA) is 71.3 Å². The maximum Gasteiger partial charge on any atom is 0.255 e. The molecule has 3 aromatic rings. The lowest BCUT2D eigenvalue weighted by molar-refractivity contribution is 0.102. The molecule has 0 spiro atoms. The molecule has 0 radical (unpaired) electrons. The van der Waals surface area contributed by atoms with Gasteiger partial charge in [0.2, 0.25) is 0 Å². The number of benzene rings is 1. The Labute approximate surface area is 158 Å². The molecule has 6 heteroatoms. The van der Waals surface area contributed by atoms with Crippen LogP contribution in [0, 0.1) is 6.92 Å². The van der Waals surface area contributed by atoms with E-state index in [1.165, 1.54) is 0 Å². The number of pyridine rings is 1. The minimum absolute atomic E-state index is 0.130. The molecule has 1 aliphatic heterocycles. The van der Waals surface area contributed by atoms with Gasteiger partial charge in [-0.3, -0.25) is 14.7 Å². The molecule has 0 bridgehead atoms. The Morgan fingerprint density at radius 1 is 1.30 bits per heavy atom. The summed E-state index contributed by atoms with van der Waals surface area (Å²) in [6.07, 6.45) is 5.53. The summed E-state index contributed by atoms with van der Waals surface area (Å²) in [5.41, 5.74) is 3.44. The molecule has 1 N–H and O–H groups in total. The minimum Gasteiger partial charge on any atom is -0.361 e. The van der Waals surface area contributed by atoms with Crippen molar-refractivity contribution in [1.82, 2.24) is 15.0 Å². The molecule has 1 atom stereocenters. The first-order valence-corrected chi connectivity index (χ1v) is 9.16. The number of nitrogens with zero attached hydrogens (tertiary/aromatic N) is 3. The molecule has 0 saturated carbocycles. The molecule has 1 unspecified atom stereocenters. The zero-order valence-corrected chi connectivity index (χ0v) is 15.3. The number of carbonyl (C=O) groups excluding carboxylic acids is 1. The van der Waals surface area contributed by atoms with Crippen molar-refractivity contribution >= 4 is 11.6 Å². The number of rotatable bonds is 5. The molecule has 1 saturated heterocycles. The largest absolute Gasteiger partial charge is 0.361 e. The molecule has 2 aromatic heterocycles. The van der Waals surface area contributed by atoms with E-state index in [-0.39, 0.29) is 11.9 Å². The monoisotopic (exact) mass is 362 g/mol. The lowest BCUT2D eigenvalue weighted by Crippen LogP contribution is -2.23. The number of carbonyl (C=O) groups is 1. The van der Waals surface area contributed by atoms with Gasteiger partial charge in [0, 0.05) is 24.4 Å². The average Bonchev–Trinajstić information content (AvgIpc) is 3.31. The Morgan fingerprint density at radius 2 is 2.22 bits per heavy atom. The van der Waals surface area contributed by atoms with E-state index in [0.29, 0.717) is 11.3 Å². The molecule has 1 aliphatic rings. The Hall–Kier alpha value is -2.99. The zero-order chi connectivity index (χ0) is 18.6. The summed E-state index contributed by atoms with van der Waals surface area (Å²) in [5.74, 6) is 0.709. The van der Waals surface area contributed by atoms with Crippen molar-refractivity contribution in [3.8, 4) is 0 Å². The molecular formula is C21H22N4O2. The molecule has 4 rings (SSSR count). The van der Waals surface area contributed by atoms with E-state index < -0.39 is 0 Å². The zero-order valence-electron chi connectivity index (χ0n) is 15.3. The third kappa shape index (κ3) is 4.06. The van der Waals surface area contributed by atoms with Crippen LogP contribution in [0.4, 0.5) is 5.69 Å². The van der Waals surface area contributed by atoms with Crippen LogP contribution in [0.1, 0.15) is 46.3 Å². The van der Waals surface area contributed by atoms with Gasteiger partial charge in [-0.15, -0.1) is 0 Å². The van der Waals surface area contributed by atoms with Crippen molar-refractivity contribution in [1.29, 1.82) is 0 Å². The summed E-state index contributed by atoms with van der Waals surface area (Å²) < 4.78 is 5.25. The van der Waals surface area contributed by atoms with Gasteiger partial charge in [0.15, 0.2) is 0 Å². The second-order valence-electron chi connectivity index (χ2n) is 6.89. The van der Waals surface area contributed by atoms with Crippen LogP contribution in [0.2, 0.25) is 0 Å². The molecule has 1 aromatic carbocycles. The molecule has 0 aliphatic carbocycles. The van der Waals surface area contributed by atoms with E-state index in [2.05, 4.69) is 26.4 Å². The summed E-state index contributed by atoms with van der Waals surface area (Å²) in [6.45, 7) is 3.72. The van der Waals surface area contributed by atoms with Gasteiger partial charge in [-0.25, -0.2) is 0 Å². The van der Waals surface area contributed by atoms with Crippen molar-refractivity contribution in [2.24, 2.45) is 0 Å². The number of nitrogens with one attached hydrogen (secondary N) is 1. The summed E-state index contributed by atoms with van der Waals surface area (Å²) in [7, 11) is 0.